The number of para-hydroxylation sites is 1. The van der Waals surface area contributed by atoms with Crippen molar-refractivity contribution in [2.75, 3.05) is 12.8 Å². The number of ether oxygens (including phenoxy) is 1. The molecule has 0 atom stereocenters. The molecule has 0 saturated carbocycles. The van der Waals surface area contributed by atoms with Gasteiger partial charge in [0.2, 0.25) is 0 Å². The van der Waals surface area contributed by atoms with Gasteiger partial charge in [-0.2, -0.15) is 0 Å². The van der Waals surface area contributed by atoms with Gasteiger partial charge in [0, 0.05) is 23.9 Å². The zero-order valence-corrected chi connectivity index (χ0v) is 10.5. The lowest BCUT2D eigenvalue weighted by Crippen LogP contribution is -2.22. The molecule has 0 bridgehead atoms. The molecule has 0 saturated heterocycles. The first kappa shape index (κ1) is 12.2. The number of rotatable bonds is 3. The van der Waals surface area contributed by atoms with E-state index in [9.17, 15) is 4.79 Å². The number of nitrogens with two attached hydrogens (primary N) is 1. The molecule has 0 aliphatic carbocycles. The van der Waals surface area contributed by atoms with E-state index in [2.05, 4.69) is 0 Å². The normalized spacial score (nSPS) is 10.3. The Morgan fingerprint density at radius 2 is 1.94 bits per heavy atom. The van der Waals surface area contributed by atoms with E-state index in [1.165, 1.54) is 0 Å². The average molecular weight is 244 g/mol. The monoisotopic (exact) mass is 244 g/mol. The van der Waals surface area contributed by atoms with Crippen LogP contribution in [0.5, 0.6) is 5.75 Å². The van der Waals surface area contributed by atoms with E-state index in [-0.39, 0.29) is 11.2 Å². The van der Waals surface area contributed by atoms with E-state index in [0.29, 0.717) is 17.9 Å². The summed E-state index contributed by atoms with van der Waals surface area (Å²) in [6, 6.07) is 9.35. The van der Waals surface area contributed by atoms with Crippen LogP contribution in [-0.2, 0) is 6.54 Å². The maximum absolute atomic E-state index is 12.0. The van der Waals surface area contributed by atoms with Crippen LogP contribution >= 0.6 is 0 Å². The maximum Gasteiger partial charge on any atom is 0.274 e. The molecule has 0 radical (unpaired) electrons. The molecule has 4 heteroatoms. The van der Waals surface area contributed by atoms with Gasteiger partial charge in [-0.05, 0) is 19.1 Å². The van der Waals surface area contributed by atoms with Crippen molar-refractivity contribution >= 4 is 5.69 Å². The number of hydrogen-bond acceptors (Lipinski definition) is 3. The van der Waals surface area contributed by atoms with Crippen LogP contribution < -0.4 is 16.0 Å². The summed E-state index contributed by atoms with van der Waals surface area (Å²) in [5.41, 5.74) is 7.56. The summed E-state index contributed by atoms with van der Waals surface area (Å²) in [6.07, 6.45) is 1.75. The Morgan fingerprint density at radius 3 is 2.61 bits per heavy atom. The zero-order valence-electron chi connectivity index (χ0n) is 10.5. The standard InChI is InChI=1S/C14H16N2O2/c1-3-16-9-8-11(13(15)14(16)17)10-6-4-5-7-12(10)18-2/h4-9H,3,15H2,1-2H3. The SMILES string of the molecule is CCn1ccc(-c2ccccc2OC)c(N)c1=O. The van der Waals surface area contributed by atoms with Gasteiger partial charge in [-0.3, -0.25) is 4.79 Å². The summed E-state index contributed by atoms with van der Waals surface area (Å²) in [4.78, 5) is 12.0. The van der Waals surface area contributed by atoms with Crippen molar-refractivity contribution in [2.24, 2.45) is 0 Å². The molecule has 0 unspecified atom stereocenters. The zero-order chi connectivity index (χ0) is 13.1. The molecule has 2 N–H and O–H groups in total. The lowest BCUT2D eigenvalue weighted by molar-refractivity contribution is 0.416. The van der Waals surface area contributed by atoms with Gasteiger partial charge in [0.15, 0.2) is 0 Å². The predicted molar refractivity (Wildman–Crippen MR) is 72.8 cm³/mol. The Bertz CT molecular complexity index is 617. The van der Waals surface area contributed by atoms with Crippen molar-refractivity contribution < 1.29 is 4.74 Å². The van der Waals surface area contributed by atoms with E-state index < -0.39 is 0 Å². The topological polar surface area (TPSA) is 57.2 Å². The molecule has 2 aromatic rings. The average Bonchev–Trinajstić information content (AvgIpc) is 2.42. The Labute approximate surface area is 106 Å². The molecule has 2 rings (SSSR count). The number of benzene rings is 1. The number of anilines is 1. The summed E-state index contributed by atoms with van der Waals surface area (Å²) >= 11 is 0. The second-order valence-corrected chi connectivity index (χ2v) is 3.93. The van der Waals surface area contributed by atoms with E-state index in [1.54, 1.807) is 17.9 Å². The Morgan fingerprint density at radius 1 is 1.22 bits per heavy atom. The predicted octanol–water partition coefficient (Wildman–Crippen LogP) is 2.13. The van der Waals surface area contributed by atoms with Crippen molar-refractivity contribution in [2.45, 2.75) is 13.5 Å². The van der Waals surface area contributed by atoms with Gasteiger partial charge in [-0.25, -0.2) is 0 Å². The van der Waals surface area contributed by atoms with Crippen molar-refractivity contribution in [3.63, 3.8) is 0 Å². The number of methoxy groups -OCH3 is 1. The highest BCUT2D eigenvalue weighted by molar-refractivity contribution is 5.79. The summed E-state index contributed by atoms with van der Waals surface area (Å²) in [5, 5.41) is 0. The highest BCUT2D eigenvalue weighted by Crippen LogP contribution is 2.31. The largest absolute Gasteiger partial charge is 0.496 e. The van der Waals surface area contributed by atoms with E-state index >= 15 is 0 Å². The van der Waals surface area contributed by atoms with Crippen LogP contribution in [0.3, 0.4) is 0 Å². The summed E-state index contributed by atoms with van der Waals surface area (Å²) in [7, 11) is 1.60. The highest BCUT2D eigenvalue weighted by atomic mass is 16.5. The Balaban J connectivity index is 2.65. The first-order valence-corrected chi connectivity index (χ1v) is 5.81. The van der Waals surface area contributed by atoms with Crippen molar-refractivity contribution in [3.05, 3.63) is 46.9 Å². The van der Waals surface area contributed by atoms with Crippen LogP contribution in [0, 0.1) is 0 Å². The molecule has 0 spiro atoms. The quantitative estimate of drug-likeness (QED) is 0.899. The van der Waals surface area contributed by atoms with Crippen molar-refractivity contribution in [3.8, 4) is 16.9 Å². The number of aromatic nitrogens is 1. The van der Waals surface area contributed by atoms with Gasteiger partial charge in [-0.15, -0.1) is 0 Å². The minimum atomic E-state index is -0.166. The minimum Gasteiger partial charge on any atom is -0.496 e. The number of hydrogen-bond donors (Lipinski definition) is 1. The van der Waals surface area contributed by atoms with Crippen LogP contribution in [-0.4, -0.2) is 11.7 Å². The first-order chi connectivity index (χ1) is 8.69. The lowest BCUT2D eigenvalue weighted by atomic mass is 10.0. The Hall–Kier alpha value is -2.23. The van der Waals surface area contributed by atoms with Gasteiger partial charge < -0.3 is 15.0 Å². The highest BCUT2D eigenvalue weighted by Gasteiger charge is 2.11. The smallest absolute Gasteiger partial charge is 0.274 e. The third-order valence-corrected chi connectivity index (χ3v) is 2.94. The fourth-order valence-electron chi connectivity index (χ4n) is 1.94. The second kappa shape index (κ2) is 4.96. The summed E-state index contributed by atoms with van der Waals surface area (Å²) in [6.45, 7) is 2.51. The van der Waals surface area contributed by atoms with E-state index in [4.69, 9.17) is 10.5 Å². The molecule has 18 heavy (non-hydrogen) atoms. The molecule has 1 aromatic heterocycles. The van der Waals surface area contributed by atoms with Crippen LogP contribution in [0.4, 0.5) is 5.69 Å². The summed E-state index contributed by atoms with van der Waals surface area (Å²) < 4.78 is 6.86. The van der Waals surface area contributed by atoms with Crippen molar-refractivity contribution in [1.29, 1.82) is 0 Å². The molecule has 94 valence electrons. The fourth-order valence-corrected chi connectivity index (χ4v) is 1.94. The van der Waals surface area contributed by atoms with Crippen LogP contribution in [0.25, 0.3) is 11.1 Å². The van der Waals surface area contributed by atoms with Crippen LogP contribution in [0.1, 0.15) is 6.92 Å². The Kier molecular flexibility index (Phi) is 3.37. The number of aryl methyl sites for hydroxylation is 1. The third kappa shape index (κ3) is 1.97. The third-order valence-electron chi connectivity index (χ3n) is 2.94. The van der Waals surface area contributed by atoms with Crippen molar-refractivity contribution in [1.82, 2.24) is 4.57 Å². The van der Waals surface area contributed by atoms with Gasteiger partial charge >= 0.3 is 0 Å². The number of pyridine rings is 1. The van der Waals surface area contributed by atoms with Crippen LogP contribution in [0.15, 0.2) is 41.3 Å². The number of nitrogens with zero attached hydrogens (tertiary/aromatic N) is 1. The van der Waals surface area contributed by atoms with Gasteiger partial charge in [0.1, 0.15) is 11.4 Å². The molecular weight excluding hydrogens is 228 g/mol. The lowest BCUT2D eigenvalue weighted by Gasteiger charge is -2.11. The number of nitrogen functional groups attached to an aromatic ring is 1. The first-order valence-electron chi connectivity index (χ1n) is 5.81. The molecule has 1 aromatic carbocycles. The molecule has 0 fully saturated rings. The maximum atomic E-state index is 12.0. The molecule has 0 aliphatic heterocycles. The molecule has 4 nitrogen and oxygen atoms in total. The minimum absolute atomic E-state index is 0.166. The summed E-state index contributed by atoms with van der Waals surface area (Å²) in [5.74, 6) is 0.706. The molecular formula is C14H16N2O2. The van der Waals surface area contributed by atoms with E-state index in [1.807, 2.05) is 37.3 Å². The van der Waals surface area contributed by atoms with Gasteiger partial charge in [-0.1, -0.05) is 18.2 Å². The van der Waals surface area contributed by atoms with E-state index in [0.717, 1.165) is 5.56 Å². The second-order valence-electron chi connectivity index (χ2n) is 3.93. The molecule has 0 aliphatic rings. The fraction of sp³-hybridized carbons (Fsp3) is 0.214. The van der Waals surface area contributed by atoms with Gasteiger partial charge in [0.05, 0.1) is 7.11 Å². The molecule has 1 heterocycles. The molecule has 0 amide bonds. The van der Waals surface area contributed by atoms with Crippen LogP contribution in [0.2, 0.25) is 0 Å². The van der Waals surface area contributed by atoms with Gasteiger partial charge in [0.25, 0.3) is 5.56 Å².